The molecule has 5 rings (SSSR count). The van der Waals surface area contributed by atoms with Crippen molar-refractivity contribution in [2.75, 3.05) is 20.2 Å². The molecule has 3 aliphatic heterocycles. The van der Waals surface area contributed by atoms with Crippen LogP contribution in [0.2, 0.25) is 0 Å². The third kappa shape index (κ3) is 3.39. The van der Waals surface area contributed by atoms with Crippen LogP contribution in [0.4, 0.5) is 5.69 Å². The van der Waals surface area contributed by atoms with Crippen molar-refractivity contribution in [3.63, 3.8) is 0 Å². The van der Waals surface area contributed by atoms with Crippen LogP contribution >= 0.6 is 0 Å². The topological polar surface area (TPSA) is 75.3 Å². The molecule has 0 spiro atoms. The minimum Gasteiger partial charge on any atom is -0.504 e. The van der Waals surface area contributed by atoms with E-state index < -0.39 is 5.60 Å². The van der Waals surface area contributed by atoms with Crippen LogP contribution < -0.4 is 0 Å². The number of aliphatic imine (C=N–C) groups is 1. The molecule has 1 aromatic carbocycles. The molecule has 4 heterocycles. The van der Waals surface area contributed by atoms with E-state index in [0.29, 0.717) is 12.3 Å². The number of allylic oxidation sites excluding steroid dienone is 1. The molecule has 0 radical (unpaired) electrons. The van der Waals surface area contributed by atoms with Crippen LogP contribution in [0.1, 0.15) is 44.2 Å². The predicted octanol–water partition coefficient (Wildman–Crippen LogP) is 4.77. The van der Waals surface area contributed by atoms with E-state index in [1.54, 1.807) is 32.8 Å². The lowest BCUT2D eigenvalue weighted by Gasteiger charge is -2.50. The number of furan rings is 1. The molecule has 2 aromatic rings. The molecule has 174 valence electrons. The number of aryl methyl sites for hydroxylation is 1. The highest BCUT2D eigenvalue weighted by molar-refractivity contribution is 6.07. The fourth-order valence-electron chi connectivity index (χ4n) is 6.25. The maximum Gasteiger partial charge on any atom is 0.159 e. The summed E-state index contributed by atoms with van der Waals surface area (Å²) in [5.74, 6) is 0.497. The van der Waals surface area contributed by atoms with E-state index in [1.165, 1.54) is 0 Å². The van der Waals surface area contributed by atoms with Gasteiger partial charge >= 0.3 is 0 Å². The van der Waals surface area contributed by atoms with Crippen LogP contribution in [0.3, 0.4) is 0 Å². The molecular formula is C27H32N2O4. The predicted molar refractivity (Wildman–Crippen MR) is 128 cm³/mol. The number of aliphatic hydroxyl groups is 1. The second-order valence-electron chi connectivity index (χ2n) is 9.66. The van der Waals surface area contributed by atoms with Crippen molar-refractivity contribution in [3.8, 4) is 11.1 Å². The van der Waals surface area contributed by atoms with Crippen LogP contribution in [-0.4, -0.2) is 47.7 Å². The van der Waals surface area contributed by atoms with Crippen molar-refractivity contribution in [1.82, 2.24) is 4.90 Å². The quantitative estimate of drug-likeness (QED) is 0.527. The van der Waals surface area contributed by atoms with Gasteiger partial charge in [0.2, 0.25) is 0 Å². The first-order valence-corrected chi connectivity index (χ1v) is 11.8. The molecule has 0 bridgehead atoms. The third-order valence-electron chi connectivity index (χ3n) is 7.90. The summed E-state index contributed by atoms with van der Waals surface area (Å²) in [7, 11) is 1.59. The van der Waals surface area contributed by atoms with Crippen LogP contribution in [0.5, 0.6) is 0 Å². The molecule has 1 N–H and O–H groups in total. The van der Waals surface area contributed by atoms with E-state index in [9.17, 15) is 9.90 Å². The molecule has 6 nitrogen and oxygen atoms in total. The standard InChI is InChI=1S/C27H32N2O4/c1-5-18-13-29-10-9-27(31)24-16(2)6-7-20(19-8-11-33-14-19)25(24)28-26(27)23(29)12-21(18)22(15-32-4)17(3)30/h6-8,11,14-15,18,21,23,31H,5,9-10,12-13H2,1-4H3/b22-15-/t18-,21+,23+,27+/m1/s1. The molecule has 0 aliphatic carbocycles. The summed E-state index contributed by atoms with van der Waals surface area (Å²) in [5, 5.41) is 12.1. The number of ether oxygens (including phenoxy) is 1. The number of fused-ring (bicyclic) bond motifs is 5. The largest absolute Gasteiger partial charge is 0.504 e. The van der Waals surface area contributed by atoms with E-state index >= 15 is 0 Å². The lowest BCUT2D eigenvalue weighted by molar-refractivity contribution is -0.114. The van der Waals surface area contributed by atoms with Crippen molar-refractivity contribution in [2.24, 2.45) is 16.8 Å². The molecule has 33 heavy (non-hydrogen) atoms. The highest BCUT2D eigenvalue weighted by Crippen LogP contribution is 2.52. The summed E-state index contributed by atoms with van der Waals surface area (Å²) in [4.78, 5) is 20.1. The van der Waals surface area contributed by atoms with E-state index in [1.807, 2.05) is 13.0 Å². The fraction of sp³-hybridized carbons (Fsp3) is 0.481. The average molecular weight is 449 g/mol. The van der Waals surface area contributed by atoms with E-state index in [0.717, 1.165) is 65.2 Å². The Kier molecular flexibility index (Phi) is 5.53. The number of rotatable bonds is 5. The molecular weight excluding hydrogens is 416 g/mol. The molecule has 0 saturated carbocycles. The number of ketones is 1. The van der Waals surface area contributed by atoms with Crippen LogP contribution in [0, 0.1) is 18.8 Å². The summed E-state index contributed by atoms with van der Waals surface area (Å²) in [6, 6.07) is 6.05. The number of hydrogen-bond donors (Lipinski definition) is 1. The molecule has 2 saturated heterocycles. The van der Waals surface area contributed by atoms with Gasteiger partial charge in [0.15, 0.2) is 5.78 Å². The third-order valence-corrected chi connectivity index (χ3v) is 7.90. The van der Waals surface area contributed by atoms with Gasteiger partial charge < -0.3 is 14.3 Å². The number of carbonyl (C=O) groups is 1. The number of methoxy groups -OCH3 is 1. The second kappa shape index (κ2) is 8.26. The number of piperidine rings is 2. The summed E-state index contributed by atoms with van der Waals surface area (Å²) in [6.07, 6.45) is 7.37. The molecule has 4 atom stereocenters. The lowest BCUT2D eigenvalue weighted by Crippen LogP contribution is -2.60. The minimum atomic E-state index is -1.08. The van der Waals surface area contributed by atoms with E-state index in [-0.39, 0.29) is 17.7 Å². The van der Waals surface area contributed by atoms with Gasteiger partial charge in [-0.05, 0) is 50.2 Å². The van der Waals surface area contributed by atoms with Gasteiger partial charge in [-0.15, -0.1) is 0 Å². The molecule has 0 amide bonds. The Morgan fingerprint density at radius 2 is 2.21 bits per heavy atom. The Morgan fingerprint density at radius 3 is 2.88 bits per heavy atom. The lowest BCUT2D eigenvalue weighted by atomic mass is 9.69. The highest BCUT2D eigenvalue weighted by Gasteiger charge is 2.53. The van der Waals surface area contributed by atoms with Gasteiger partial charge in [-0.25, -0.2) is 0 Å². The molecule has 2 fully saturated rings. The second-order valence-corrected chi connectivity index (χ2v) is 9.66. The number of Topliss-reactive ketones (excluding diaryl/α,β-unsaturated/α-hetero) is 1. The molecule has 6 heteroatoms. The Hall–Kier alpha value is -2.70. The van der Waals surface area contributed by atoms with Crippen molar-refractivity contribution in [2.45, 2.75) is 51.7 Å². The van der Waals surface area contributed by atoms with Crippen molar-refractivity contribution in [1.29, 1.82) is 0 Å². The van der Waals surface area contributed by atoms with Crippen molar-refractivity contribution < 1.29 is 19.1 Å². The maximum atomic E-state index is 12.5. The summed E-state index contributed by atoms with van der Waals surface area (Å²) in [5.41, 5.74) is 5.25. The number of nitrogens with zero attached hydrogens (tertiary/aromatic N) is 2. The highest BCUT2D eigenvalue weighted by atomic mass is 16.5. The van der Waals surface area contributed by atoms with Crippen molar-refractivity contribution >= 4 is 17.2 Å². The van der Waals surface area contributed by atoms with Gasteiger partial charge in [-0.1, -0.05) is 25.5 Å². The summed E-state index contributed by atoms with van der Waals surface area (Å²) >= 11 is 0. The SMILES string of the molecule is CC[C@@H]1CN2CC[C@@]3(O)C(=Nc4c(-c5ccoc5)ccc(C)c43)[C@@H]2C[C@@H]1/C(=C\OC)C(C)=O. The number of benzene rings is 1. The van der Waals surface area contributed by atoms with Crippen LogP contribution in [0.25, 0.3) is 11.1 Å². The molecule has 3 aliphatic rings. The van der Waals surface area contributed by atoms with Gasteiger partial charge in [0, 0.05) is 35.4 Å². The van der Waals surface area contributed by atoms with Crippen molar-refractivity contribution in [3.05, 3.63) is 53.7 Å². The zero-order valence-corrected chi connectivity index (χ0v) is 19.8. The Bertz CT molecular complexity index is 1130. The van der Waals surface area contributed by atoms with Gasteiger partial charge in [-0.2, -0.15) is 0 Å². The maximum absolute atomic E-state index is 12.5. The normalized spacial score (nSPS) is 29.2. The Morgan fingerprint density at radius 1 is 1.39 bits per heavy atom. The van der Waals surface area contributed by atoms with Gasteiger partial charge in [0.25, 0.3) is 0 Å². The van der Waals surface area contributed by atoms with E-state index in [2.05, 4.69) is 24.0 Å². The first kappa shape index (κ1) is 22.1. The zero-order chi connectivity index (χ0) is 23.3. The Labute approximate surface area is 195 Å². The van der Waals surface area contributed by atoms with Gasteiger partial charge in [-0.3, -0.25) is 14.7 Å². The minimum absolute atomic E-state index is 0.0137. The number of hydrogen-bond acceptors (Lipinski definition) is 6. The molecule has 0 unspecified atom stereocenters. The summed E-state index contributed by atoms with van der Waals surface area (Å²) in [6.45, 7) is 7.55. The van der Waals surface area contributed by atoms with E-state index in [4.69, 9.17) is 14.1 Å². The van der Waals surface area contributed by atoms with Crippen LogP contribution in [0.15, 0.2) is 52.0 Å². The van der Waals surface area contributed by atoms with Crippen LogP contribution in [-0.2, 0) is 15.1 Å². The zero-order valence-electron chi connectivity index (χ0n) is 19.8. The molecule has 1 aromatic heterocycles. The first-order chi connectivity index (χ1) is 15.9. The average Bonchev–Trinajstić information content (AvgIpc) is 3.43. The smallest absolute Gasteiger partial charge is 0.159 e. The first-order valence-electron chi connectivity index (χ1n) is 11.8. The monoisotopic (exact) mass is 448 g/mol. The number of carbonyl (C=O) groups excluding carboxylic acids is 1. The Balaban J connectivity index is 1.60. The summed E-state index contributed by atoms with van der Waals surface area (Å²) < 4.78 is 10.6. The van der Waals surface area contributed by atoms with Gasteiger partial charge in [0.05, 0.1) is 43.3 Å². The van der Waals surface area contributed by atoms with Gasteiger partial charge in [0.1, 0.15) is 5.60 Å². The fourth-order valence-corrected chi connectivity index (χ4v) is 6.25.